The fourth-order valence-corrected chi connectivity index (χ4v) is 3.17. The molecule has 120 valence electrons. The Bertz CT molecular complexity index is 768. The molecule has 0 bridgehead atoms. The van der Waals surface area contributed by atoms with Gasteiger partial charge in [0.15, 0.2) is 5.78 Å². The van der Waals surface area contributed by atoms with Crippen LogP contribution >= 0.6 is 0 Å². The predicted molar refractivity (Wildman–Crippen MR) is 94.5 cm³/mol. The molecule has 0 spiro atoms. The van der Waals surface area contributed by atoms with Crippen LogP contribution in [0.15, 0.2) is 60.7 Å². The molecule has 24 heavy (non-hydrogen) atoms. The zero-order valence-electron chi connectivity index (χ0n) is 13.6. The molecule has 0 unspecified atom stereocenters. The van der Waals surface area contributed by atoms with Crippen molar-refractivity contribution in [3.63, 3.8) is 0 Å². The maximum Gasteiger partial charge on any atom is 0.181 e. The van der Waals surface area contributed by atoms with E-state index in [1.54, 1.807) is 0 Å². The summed E-state index contributed by atoms with van der Waals surface area (Å²) in [4.78, 5) is 23.6. The Balaban J connectivity index is 1.85. The van der Waals surface area contributed by atoms with Gasteiger partial charge in [0.25, 0.3) is 0 Å². The topological polar surface area (TPSA) is 34.1 Å². The van der Waals surface area contributed by atoms with Crippen molar-refractivity contribution in [3.8, 4) is 11.8 Å². The molecular formula is C22H20O2. The van der Waals surface area contributed by atoms with Crippen molar-refractivity contribution in [2.45, 2.75) is 25.7 Å². The molecule has 1 aliphatic carbocycles. The van der Waals surface area contributed by atoms with Crippen molar-refractivity contribution in [1.82, 2.24) is 0 Å². The molecule has 0 aliphatic heterocycles. The van der Waals surface area contributed by atoms with Gasteiger partial charge in [-0.3, -0.25) is 4.79 Å². The summed E-state index contributed by atoms with van der Waals surface area (Å²) in [6.45, 7) is 0. The summed E-state index contributed by atoms with van der Waals surface area (Å²) in [7, 11) is 0. The van der Waals surface area contributed by atoms with Gasteiger partial charge >= 0.3 is 0 Å². The maximum atomic E-state index is 13.0. The number of carbonyl (C=O) groups is 2. The lowest BCUT2D eigenvalue weighted by atomic mass is 9.91. The average molecular weight is 316 g/mol. The van der Waals surface area contributed by atoms with Gasteiger partial charge in [-0.25, -0.2) is 0 Å². The van der Waals surface area contributed by atoms with Crippen molar-refractivity contribution in [1.29, 1.82) is 0 Å². The summed E-state index contributed by atoms with van der Waals surface area (Å²) in [5.74, 6) is 6.82. The fourth-order valence-electron chi connectivity index (χ4n) is 3.17. The molecule has 1 saturated carbocycles. The van der Waals surface area contributed by atoms with E-state index in [-0.39, 0.29) is 11.7 Å². The summed E-state index contributed by atoms with van der Waals surface area (Å²) in [5.41, 5.74) is 1.06. The lowest BCUT2D eigenvalue weighted by Crippen LogP contribution is -2.17. The van der Waals surface area contributed by atoms with Gasteiger partial charge in [0, 0.05) is 17.5 Å². The van der Waals surface area contributed by atoms with E-state index < -0.39 is 5.41 Å². The normalized spacial score (nSPS) is 21.4. The molecule has 3 rings (SSSR count). The molecule has 2 aromatic rings. The minimum Gasteiger partial charge on any atom is -0.303 e. The number of Topliss-reactive ketones (excluding diaryl/α,β-unsaturated/α-hetero) is 1. The largest absolute Gasteiger partial charge is 0.303 e. The van der Waals surface area contributed by atoms with E-state index in [4.69, 9.17) is 0 Å². The van der Waals surface area contributed by atoms with Gasteiger partial charge in [0.05, 0.1) is 5.41 Å². The molecule has 2 atom stereocenters. The van der Waals surface area contributed by atoms with Crippen LogP contribution in [-0.2, 0) is 4.79 Å². The van der Waals surface area contributed by atoms with Crippen LogP contribution in [0.4, 0.5) is 0 Å². The van der Waals surface area contributed by atoms with Crippen molar-refractivity contribution in [2.75, 3.05) is 0 Å². The van der Waals surface area contributed by atoms with Crippen LogP contribution in [0.3, 0.4) is 0 Å². The minimum absolute atomic E-state index is 0.114. The smallest absolute Gasteiger partial charge is 0.181 e. The highest BCUT2D eigenvalue weighted by molar-refractivity contribution is 6.05. The van der Waals surface area contributed by atoms with Crippen LogP contribution in [0.25, 0.3) is 0 Å². The van der Waals surface area contributed by atoms with Crippen LogP contribution in [0.5, 0.6) is 0 Å². The molecule has 1 fully saturated rings. The Labute approximate surface area is 142 Å². The number of rotatable bonds is 6. The van der Waals surface area contributed by atoms with E-state index in [0.29, 0.717) is 6.42 Å². The molecular weight excluding hydrogens is 296 g/mol. The van der Waals surface area contributed by atoms with Crippen LogP contribution in [0, 0.1) is 23.2 Å². The van der Waals surface area contributed by atoms with Crippen molar-refractivity contribution >= 4 is 12.1 Å². The Kier molecular flexibility index (Phi) is 4.91. The second-order valence-corrected chi connectivity index (χ2v) is 6.28. The molecule has 1 aliphatic rings. The average Bonchev–Trinajstić information content (AvgIpc) is 3.35. The number of benzene rings is 2. The van der Waals surface area contributed by atoms with E-state index in [9.17, 15) is 9.59 Å². The number of hydrogen-bond acceptors (Lipinski definition) is 2. The first-order valence-electron chi connectivity index (χ1n) is 8.38. The van der Waals surface area contributed by atoms with Crippen molar-refractivity contribution in [2.24, 2.45) is 11.3 Å². The van der Waals surface area contributed by atoms with Crippen LogP contribution in [0.2, 0.25) is 0 Å². The van der Waals surface area contributed by atoms with E-state index >= 15 is 0 Å². The molecule has 0 saturated heterocycles. The van der Waals surface area contributed by atoms with Crippen molar-refractivity contribution in [3.05, 3.63) is 71.8 Å². The number of ketones is 1. The standard InChI is InChI=1S/C22H20O2/c23-16-8-7-13-20-17-22(20,15-14-18-9-3-1-4-10-18)21(24)19-11-5-2-6-12-19/h1-6,9-12,16,20H,7-8,13,17H2/t20-,22-/m0/s1. The van der Waals surface area contributed by atoms with Crippen LogP contribution in [0.1, 0.15) is 41.6 Å². The van der Waals surface area contributed by atoms with E-state index in [0.717, 1.165) is 36.7 Å². The molecule has 2 nitrogen and oxygen atoms in total. The Hall–Kier alpha value is -2.66. The third-order valence-corrected chi connectivity index (χ3v) is 4.62. The summed E-state index contributed by atoms with van der Waals surface area (Å²) >= 11 is 0. The summed E-state index contributed by atoms with van der Waals surface area (Å²) in [5, 5.41) is 0. The minimum atomic E-state index is -0.583. The molecule has 0 aromatic heterocycles. The molecule has 2 heteroatoms. The molecule has 0 N–H and O–H groups in total. The Morgan fingerprint density at radius 3 is 2.42 bits per heavy atom. The van der Waals surface area contributed by atoms with Gasteiger partial charge in [0.2, 0.25) is 0 Å². The van der Waals surface area contributed by atoms with Crippen LogP contribution < -0.4 is 0 Å². The summed E-state index contributed by atoms with van der Waals surface area (Å²) in [6, 6.07) is 19.2. The van der Waals surface area contributed by atoms with Gasteiger partial charge in [-0.2, -0.15) is 0 Å². The highest BCUT2D eigenvalue weighted by Gasteiger charge is 2.58. The zero-order chi connectivity index (χ0) is 16.8. The summed E-state index contributed by atoms with van der Waals surface area (Å²) < 4.78 is 0. The molecule has 0 radical (unpaired) electrons. The van der Waals surface area contributed by atoms with Gasteiger partial charge in [-0.15, -0.1) is 0 Å². The van der Waals surface area contributed by atoms with Gasteiger partial charge in [-0.1, -0.05) is 60.4 Å². The fraction of sp³-hybridized carbons (Fsp3) is 0.273. The zero-order valence-corrected chi connectivity index (χ0v) is 13.6. The quantitative estimate of drug-likeness (QED) is 0.345. The van der Waals surface area contributed by atoms with E-state index in [2.05, 4.69) is 11.8 Å². The van der Waals surface area contributed by atoms with Crippen molar-refractivity contribution < 1.29 is 9.59 Å². The summed E-state index contributed by atoms with van der Waals surface area (Å²) in [6.07, 6.45) is 3.99. The molecule has 0 heterocycles. The van der Waals surface area contributed by atoms with E-state index in [1.165, 1.54) is 0 Å². The third-order valence-electron chi connectivity index (χ3n) is 4.62. The highest BCUT2D eigenvalue weighted by atomic mass is 16.1. The first kappa shape index (κ1) is 16.2. The molecule has 2 aromatic carbocycles. The SMILES string of the molecule is O=CCCC[C@H]1C[C@]1(C#Cc1ccccc1)C(=O)c1ccccc1. The van der Waals surface area contributed by atoms with Crippen LogP contribution in [-0.4, -0.2) is 12.1 Å². The Morgan fingerprint density at radius 1 is 1.08 bits per heavy atom. The van der Waals surface area contributed by atoms with E-state index in [1.807, 2.05) is 60.7 Å². The van der Waals surface area contributed by atoms with Gasteiger partial charge < -0.3 is 4.79 Å². The van der Waals surface area contributed by atoms with Gasteiger partial charge in [-0.05, 0) is 37.3 Å². The lowest BCUT2D eigenvalue weighted by Gasteiger charge is -2.10. The monoisotopic (exact) mass is 316 g/mol. The predicted octanol–water partition coefficient (Wildman–Crippen LogP) is 4.30. The number of aldehydes is 1. The second kappa shape index (κ2) is 7.27. The third kappa shape index (κ3) is 3.46. The number of carbonyl (C=O) groups excluding carboxylic acids is 2. The lowest BCUT2D eigenvalue weighted by molar-refractivity contribution is -0.107. The first-order chi connectivity index (χ1) is 11.8. The number of unbranched alkanes of at least 4 members (excludes halogenated alkanes) is 1. The first-order valence-corrected chi connectivity index (χ1v) is 8.38. The van der Waals surface area contributed by atoms with Gasteiger partial charge in [0.1, 0.15) is 6.29 Å². The molecule has 0 amide bonds. The Morgan fingerprint density at radius 2 is 1.75 bits per heavy atom. The maximum absolute atomic E-state index is 13.0. The second-order valence-electron chi connectivity index (χ2n) is 6.28. The highest BCUT2D eigenvalue weighted by Crippen LogP contribution is 2.56. The number of hydrogen-bond donors (Lipinski definition) is 0.